The van der Waals surface area contributed by atoms with Crippen molar-refractivity contribution in [2.24, 2.45) is 5.41 Å². The highest BCUT2D eigenvalue weighted by Crippen LogP contribution is 2.15. The zero-order chi connectivity index (χ0) is 14.0. The highest BCUT2D eigenvalue weighted by atomic mass is 16.5. The molecule has 0 saturated carbocycles. The first kappa shape index (κ1) is 17.4. The van der Waals surface area contributed by atoms with Crippen molar-refractivity contribution in [2.75, 3.05) is 19.8 Å². The van der Waals surface area contributed by atoms with Crippen LogP contribution in [0.1, 0.15) is 46.0 Å². The van der Waals surface area contributed by atoms with E-state index >= 15 is 0 Å². The normalized spacial score (nSPS) is 13.4. The van der Waals surface area contributed by atoms with E-state index in [-0.39, 0.29) is 31.9 Å². The molecule has 0 aliphatic heterocycles. The number of aliphatic hydroxyl groups is 3. The molecule has 0 fully saturated rings. The smallest absolute Gasteiger partial charge is 0.305 e. The van der Waals surface area contributed by atoms with Crippen LogP contribution in [0.15, 0.2) is 0 Å². The Labute approximate surface area is 109 Å². The van der Waals surface area contributed by atoms with Gasteiger partial charge >= 0.3 is 5.97 Å². The van der Waals surface area contributed by atoms with E-state index in [1.807, 2.05) is 0 Å². The Bertz CT molecular complexity index is 223. The van der Waals surface area contributed by atoms with Crippen LogP contribution in [0.25, 0.3) is 0 Å². The first-order chi connectivity index (χ1) is 8.43. The second-order valence-electron chi connectivity index (χ2n) is 5.24. The number of unbranched alkanes of at least 4 members (excludes halogenated alkanes) is 2. The molecule has 0 aromatic carbocycles. The number of rotatable bonds is 10. The van der Waals surface area contributed by atoms with E-state index < -0.39 is 5.41 Å². The third kappa shape index (κ3) is 8.44. The van der Waals surface area contributed by atoms with Crippen molar-refractivity contribution in [2.45, 2.75) is 52.1 Å². The van der Waals surface area contributed by atoms with Crippen molar-refractivity contribution in [1.29, 1.82) is 0 Å². The van der Waals surface area contributed by atoms with Gasteiger partial charge in [0.1, 0.15) is 6.61 Å². The zero-order valence-electron chi connectivity index (χ0n) is 11.4. The highest BCUT2D eigenvalue weighted by molar-refractivity contribution is 5.69. The van der Waals surface area contributed by atoms with E-state index in [1.54, 1.807) is 13.8 Å². The molecular weight excluding hydrogens is 236 g/mol. The van der Waals surface area contributed by atoms with Crippen LogP contribution in [0, 0.1) is 5.41 Å². The average molecular weight is 262 g/mol. The first-order valence-corrected chi connectivity index (χ1v) is 6.49. The lowest BCUT2D eigenvalue weighted by atomic mass is 9.94. The summed E-state index contributed by atoms with van der Waals surface area (Å²) in [5.74, 6) is -0.305. The van der Waals surface area contributed by atoms with Gasteiger partial charge < -0.3 is 20.1 Å². The molecule has 0 rings (SSSR count). The Morgan fingerprint density at radius 1 is 1.22 bits per heavy atom. The van der Waals surface area contributed by atoms with Crippen LogP contribution in [0.4, 0.5) is 0 Å². The molecular formula is C13H26O5. The number of hydrogen-bond acceptors (Lipinski definition) is 5. The minimum atomic E-state index is -0.762. The fourth-order valence-electron chi connectivity index (χ4n) is 1.35. The Hall–Kier alpha value is -0.650. The molecule has 0 bridgehead atoms. The van der Waals surface area contributed by atoms with Crippen molar-refractivity contribution in [3.63, 3.8) is 0 Å². The molecule has 0 saturated heterocycles. The second kappa shape index (κ2) is 9.30. The summed E-state index contributed by atoms with van der Waals surface area (Å²) in [5.41, 5.74) is -0.762. The molecule has 0 aliphatic carbocycles. The molecule has 18 heavy (non-hydrogen) atoms. The van der Waals surface area contributed by atoms with Crippen LogP contribution in [-0.4, -0.2) is 47.2 Å². The number of ether oxygens (including phenoxy) is 1. The zero-order valence-corrected chi connectivity index (χ0v) is 11.4. The van der Waals surface area contributed by atoms with Gasteiger partial charge in [-0.05, 0) is 19.8 Å². The van der Waals surface area contributed by atoms with Crippen LogP contribution in [0.5, 0.6) is 0 Å². The first-order valence-electron chi connectivity index (χ1n) is 6.49. The van der Waals surface area contributed by atoms with Crippen molar-refractivity contribution in [1.82, 2.24) is 0 Å². The minimum absolute atomic E-state index is 0.0342. The molecule has 1 atom stereocenters. The van der Waals surface area contributed by atoms with Crippen molar-refractivity contribution in [3.05, 3.63) is 0 Å². The van der Waals surface area contributed by atoms with Gasteiger partial charge in [-0.1, -0.05) is 19.8 Å². The predicted octanol–water partition coefficient (Wildman–Crippen LogP) is 0.852. The highest BCUT2D eigenvalue weighted by Gasteiger charge is 2.24. The molecule has 0 amide bonds. The molecule has 0 aromatic rings. The lowest BCUT2D eigenvalue weighted by molar-refractivity contribution is -0.149. The van der Waals surface area contributed by atoms with Gasteiger partial charge in [-0.2, -0.15) is 0 Å². The number of carbonyl (C=O) groups is 1. The fraction of sp³-hybridized carbons (Fsp3) is 0.923. The van der Waals surface area contributed by atoms with Crippen LogP contribution >= 0.6 is 0 Å². The van der Waals surface area contributed by atoms with Crippen LogP contribution in [-0.2, 0) is 9.53 Å². The molecule has 0 aliphatic rings. The number of aliphatic hydroxyl groups excluding tert-OH is 3. The third-order valence-electron chi connectivity index (χ3n) is 2.85. The molecule has 108 valence electrons. The van der Waals surface area contributed by atoms with E-state index in [0.717, 1.165) is 25.7 Å². The lowest BCUT2D eigenvalue weighted by Gasteiger charge is -2.23. The molecule has 5 nitrogen and oxygen atoms in total. The van der Waals surface area contributed by atoms with Gasteiger partial charge in [0.2, 0.25) is 0 Å². The van der Waals surface area contributed by atoms with E-state index in [1.165, 1.54) is 0 Å². The monoisotopic (exact) mass is 262 g/mol. The molecule has 0 aromatic heterocycles. The summed E-state index contributed by atoms with van der Waals surface area (Å²) in [6.45, 7) is 3.00. The van der Waals surface area contributed by atoms with Gasteiger partial charge in [0.25, 0.3) is 0 Å². The largest absolute Gasteiger partial charge is 0.465 e. The van der Waals surface area contributed by atoms with Crippen LogP contribution in [0.3, 0.4) is 0 Å². The summed E-state index contributed by atoms with van der Waals surface area (Å²) >= 11 is 0. The molecule has 5 heteroatoms. The molecule has 0 radical (unpaired) electrons. The topological polar surface area (TPSA) is 87.0 Å². The van der Waals surface area contributed by atoms with E-state index in [2.05, 4.69) is 0 Å². The Morgan fingerprint density at radius 2 is 1.83 bits per heavy atom. The summed E-state index contributed by atoms with van der Waals surface area (Å²) in [5, 5.41) is 27.1. The fourth-order valence-corrected chi connectivity index (χ4v) is 1.35. The molecule has 0 heterocycles. The van der Waals surface area contributed by atoms with Crippen LogP contribution < -0.4 is 0 Å². The van der Waals surface area contributed by atoms with E-state index in [9.17, 15) is 4.79 Å². The molecule has 1 unspecified atom stereocenters. The minimum Gasteiger partial charge on any atom is -0.465 e. The molecule has 0 spiro atoms. The Morgan fingerprint density at radius 3 is 2.33 bits per heavy atom. The second-order valence-corrected chi connectivity index (χ2v) is 5.24. The maximum atomic E-state index is 11.4. The number of hydrogen-bond donors (Lipinski definition) is 3. The summed E-state index contributed by atoms with van der Waals surface area (Å²) < 4.78 is 5.01. The third-order valence-corrected chi connectivity index (χ3v) is 2.85. The van der Waals surface area contributed by atoms with Gasteiger partial charge in [0.05, 0.1) is 19.3 Å². The number of esters is 1. The van der Waals surface area contributed by atoms with Crippen LogP contribution in [0.2, 0.25) is 0 Å². The van der Waals surface area contributed by atoms with Crippen molar-refractivity contribution >= 4 is 5.97 Å². The van der Waals surface area contributed by atoms with Gasteiger partial charge in [-0.3, -0.25) is 4.79 Å². The summed E-state index contributed by atoms with van der Waals surface area (Å²) in [6, 6.07) is 0. The quantitative estimate of drug-likeness (QED) is 0.401. The predicted molar refractivity (Wildman–Crippen MR) is 68.0 cm³/mol. The SMILES string of the molecule is CC(O)CCCCCC(=O)OCC(C)(CO)CO. The maximum Gasteiger partial charge on any atom is 0.305 e. The average Bonchev–Trinajstić information content (AvgIpc) is 2.35. The lowest BCUT2D eigenvalue weighted by Crippen LogP contribution is -2.32. The van der Waals surface area contributed by atoms with E-state index in [0.29, 0.717) is 6.42 Å². The maximum absolute atomic E-state index is 11.4. The summed E-state index contributed by atoms with van der Waals surface area (Å²) in [7, 11) is 0. The number of carbonyl (C=O) groups excluding carboxylic acids is 1. The van der Waals surface area contributed by atoms with Crippen molar-refractivity contribution in [3.8, 4) is 0 Å². The standard InChI is InChI=1S/C13H26O5/c1-11(16)6-4-3-5-7-12(17)18-10-13(2,8-14)9-15/h11,14-16H,3-10H2,1-2H3. The Kier molecular flexibility index (Phi) is 8.97. The van der Waals surface area contributed by atoms with Gasteiger partial charge in [-0.15, -0.1) is 0 Å². The van der Waals surface area contributed by atoms with Crippen molar-refractivity contribution < 1.29 is 24.9 Å². The van der Waals surface area contributed by atoms with Gasteiger partial charge in [0.15, 0.2) is 0 Å². The van der Waals surface area contributed by atoms with Gasteiger partial charge in [-0.25, -0.2) is 0 Å². The van der Waals surface area contributed by atoms with E-state index in [4.69, 9.17) is 20.1 Å². The molecule has 3 N–H and O–H groups in total. The summed E-state index contributed by atoms with van der Waals surface area (Å²) in [4.78, 5) is 11.4. The summed E-state index contributed by atoms with van der Waals surface area (Å²) in [6.07, 6.45) is 3.33. The van der Waals surface area contributed by atoms with Gasteiger partial charge in [0, 0.05) is 11.8 Å². The Balaban J connectivity index is 3.60.